The highest BCUT2D eigenvalue weighted by Gasteiger charge is 2.15. The number of esters is 1. The summed E-state index contributed by atoms with van der Waals surface area (Å²) in [5.41, 5.74) is 2.46. The van der Waals surface area contributed by atoms with Gasteiger partial charge >= 0.3 is 5.97 Å². The normalized spacial score (nSPS) is 9.90. The average molecular weight is 292 g/mol. The third-order valence-electron chi connectivity index (χ3n) is 3.15. The van der Waals surface area contributed by atoms with E-state index in [0.717, 1.165) is 11.1 Å². The molecule has 1 rings (SSSR count). The maximum Gasteiger partial charge on any atom is 0.338 e. The van der Waals surface area contributed by atoms with Gasteiger partial charge in [0.05, 0.1) is 12.1 Å². The van der Waals surface area contributed by atoms with E-state index in [4.69, 9.17) is 4.74 Å². The van der Waals surface area contributed by atoms with Crippen molar-refractivity contribution >= 4 is 17.8 Å². The van der Waals surface area contributed by atoms with Crippen LogP contribution in [0.4, 0.5) is 0 Å². The van der Waals surface area contributed by atoms with Gasteiger partial charge in [-0.15, -0.1) is 0 Å². The number of nitrogens with zero attached hydrogens (tertiary/aromatic N) is 1. The highest BCUT2D eigenvalue weighted by Crippen LogP contribution is 2.10. The predicted octanol–water partition coefficient (Wildman–Crippen LogP) is 0.665. The lowest BCUT2D eigenvalue weighted by atomic mass is 10.1. The summed E-state index contributed by atoms with van der Waals surface area (Å²) < 4.78 is 4.96. The molecule has 2 amide bonds. The van der Waals surface area contributed by atoms with Gasteiger partial charge in [-0.05, 0) is 37.1 Å². The van der Waals surface area contributed by atoms with Gasteiger partial charge in [0.25, 0.3) is 5.91 Å². The largest absolute Gasteiger partial charge is 0.452 e. The fourth-order valence-electron chi connectivity index (χ4n) is 1.57. The van der Waals surface area contributed by atoms with E-state index in [1.807, 2.05) is 19.9 Å². The van der Waals surface area contributed by atoms with E-state index in [1.54, 1.807) is 12.1 Å². The van der Waals surface area contributed by atoms with Crippen molar-refractivity contribution in [3.63, 3.8) is 0 Å². The minimum Gasteiger partial charge on any atom is -0.452 e. The molecule has 0 aliphatic rings. The number of hydrogen-bond acceptors (Lipinski definition) is 4. The lowest BCUT2D eigenvalue weighted by Gasteiger charge is -2.16. The van der Waals surface area contributed by atoms with Gasteiger partial charge < -0.3 is 15.0 Å². The Morgan fingerprint density at radius 2 is 1.86 bits per heavy atom. The second-order valence-corrected chi connectivity index (χ2v) is 4.80. The van der Waals surface area contributed by atoms with Crippen molar-refractivity contribution in [1.29, 1.82) is 0 Å². The number of likely N-dealkylation sites (N-methyl/N-ethyl adjacent to an activating group) is 2. The third-order valence-corrected chi connectivity index (χ3v) is 3.15. The van der Waals surface area contributed by atoms with Crippen LogP contribution in [0.1, 0.15) is 21.5 Å². The fraction of sp³-hybridized carbons (Fsp3) is 0.400. The Labute approximate surface area is 124 Å². The molecule has 21 heavy (non-hydrogen) atoms. The minimum absolute atomic E-state index is 0.0729. The molecule has 1 N–H and O–H groups in total. The van der Waals surface area contributed by atoms with Crippen molar-refractivity contribution in [1.82, 2.24) is 10.2 Å². The summed E-state index contributed by atoms with van der Waals surface area (Å²) in [6, 6.07) is 5.20. The molecule has 0 saturated carbocycles. The standard InChI is InChI=1S/C15H20N2O4/c1-10-5-6-12(7-11(10)2)15(20)21-9-14(19)17(4)8-13(18)16-3/h5-7H,8-9H2,1-4H3,(H,16,18). The molecule has 0 aliphatic carbocycles. The van der Waals surface area contributed by atoms with Gasteiger partial charge in [-0.3, -0.25) is 9.59 Å². The summed E-state index contributed by atoms with van der Waals surface area (Å²) in [7, 11) is 2.96. The van der Waals surface area contributed by atoms with E-state index in [0.29, 0.717) is 5.56 Å². The molecule has 1 aromatic rings. The smallest absolute Gasteiger partial charge is 0.338 e. The number of aryl methyl sites for hydroxylation is 2. The molecule has 0 heterocycles. The van der Waals surface area contributed by atoms with Crippen LogP contribution in [0.5, 0.6) is 0 Å². The number of benzene rings is 1. The first kappa shape index (κ1) is 16.7. The molecule has 6 nitrogen and oxygen atoms in total. The number of amides is 2. The second kappa shape index (κ2) is 7.42. The van der Waals surface area contributed by atoms with Crippen LogP contribution in [0, 0.1) is 13.8 Å². The van der Waals surface area contributed by atoms with E-state index >= 15 is 0 Å². The number of hydrogen-bond donors (Lipinski definition) is 1. The van der Waals surface area contributed by atoms with E-state index in [1.165, 1.54) is 19.0 Å². The van der Waals surface area contributed by atoms with Crippen LogP contribution < -0.4 is 5.32 Å². The lowest BCUT2D eigenvalue weighted by Crippen LogP contribution is -2.39. The van der Waals surface area contributed by atoms with E-state index < -0.39 is 11.9 Å². The zero-order valence-electron chi connectivity index (χ0n) is 12.7. The van der Waals surface area contributed by atoms with Gasteiger partial charge in [-0.2, -0.15) is 0 Å². The molecule has 114 valence electrons. The number of carbonyl (C=O) groups is 3. The average Bonchev–Trinajstić information content (AvgIpc) is 2.46. The van der Waals surface area contributed by atoms with Gasteiger partial charge in [0, 0.05) is 14.1 Å². The van der Waals surface area contributed by atoms with Crippen LogP contribution in [0.25, 0.3) is 0 Å². The SMILES string of the molecule is CNC(=O)CN(C)C(=O)COC(=O)c1ccc(C)c(C)c1. The van der Waals surface area contributed by atoms with Gasteiger partial charge in [-0.25, -0.2) is 4.79 Å². The molecule has 0 aromatic heterocycles. The predicted molar refractivity (Wildman–Crippen MR) is 77.9 cm³/mol. The van der Waals surface area contributed by atoms with Gasteiger partial charge in [-0.1, -0.05) is 6.07 Å². The summed E-state index contributed by atoms with van der Waals surface area (Å²) in [5.74, 6) is -1.28. The van der Waals surface area contributed by atoms with Crippen molar-refractivity contribution in [2.75, 3.05) is 27.2 Å². The van der Waals surface area contributed by atoms with Crippen LogP contribution in [-0.4, -0.2) is 49.9 Å². The Bertz CT molecular complexity index is 555. The minimum atomic E-state index is -0.556. The quantitative estimate of drug-likeness (QED) is 0.809. The first-order valence-corrected chi connectivity index (χ1v) is 6.54. The fourth-order valence-corrected chi connectivity index (χ4v) is 1.57. The summed E-state index contributed by atoms with van der Waals surface area (Å²) in [4.78, 5) is 35.9. The molecular formula is C15H20N2O4. The zero-order chi connectivity index (χ0) is 16.0. The summed E-state index contributed by atoms with van der Waals surface area (Å²) in [6.07, 6.45) is 0. The van der Waals surface area contributed by atoms with Crippen LogP contribution in [0.3, 0.4) is 0 Å². The van der Waals surface area contributed by atoms with Gasteiger partial charge in [0.2, 0.25) is 5.91 Å². The number of nitrogens with one attached hydrogen (secondary N) is 1. The molecule has 1 aromatic carbocycles. The highest BCUT2D eigenvalue weighted by molar-refractivity contribution is 5.92. The molecule has 0 saturated heterocycles. The molecule has 0 spiro atoms. The first-order chi connectivity index (χ1) is 9.85. The molecule has 6 heteroatoms. The van der Waals surface area contributed by atoms with Gasteiger partial charge in [0.1, 0.15) is 0 Å². The summed E-state index contributed by atoms with van der Waals surface area (Å²) in [6.45, 7) is 3.38. The number of ether oxygens (including phenoxy) is 1. The molecule has 0 fully saturated rings. The van der Waals surface area contributed by atoms with E-state index in [2.05, 4.69) is 5.32 Å². The second-order valence-electron chi connectivity index (χ2n) is 4.80. The maximum absolute atomic E-state index is 11.8. The summed E-state index contributed by atoms with van der Waals surface area (Å²) >= 11 is 0. The van der Waals surface area contributed by atoms with Crippen molar-refractivity contribution in [3.05, 3.63) is 34.9 Å². The van der Waals surface area contributed by atoms with Gasteiger partial charge in [0.15, 0.2) is 6.61 Å². The first-order valence-electron chi connectivity index (χ1n) is 6.54. The number of rotatable bonds is 5. The zero-order valence-corrected chi connectivity index (χ0v) is 12.7. The summed E-state index contributed by atoms with van der Waals surface area (Å²) in [5, 5.41) is 2.41. The monoisotopic (exact) mass is 292 g/mol. The number of carbonyl (C=O) groups excluding carboxylic acids is 3. The molecule has 0 atom stereocenters. The molecule has 0 radical (unpaired) electrons. The molecule has 0 bridgehead atoms. The Kier molecular flexibility index (Phi) is 5.90. The third kappa shape index (κ3) is 4.91. The van der Waals surface area contributed by atoms with Crippen molar-refractivity contribution in [2.45, 2.75) is 13.8 Å². The van der Waals surface area contributed by atoms with Crippen LogP contribution in [0.15, 0.2) is 18.2 Å². The van der Waals surface area contributed by atoms with Crippen LogP contribution >= 0.6 is 0 Å². The molecular weight excluding hydrogens is 272 g/mol. The topological polar surface area (TPSA) is 75.7 Å². The van der Waals surface area contributed by atoms with Crippen LogP contribution in [0.2, 0.25) is 0 Å². The Balaban J connectivity index is 2.54. The Hall–Kier alpha value is -2.37. The maximum atomic E-state index is 11.8. The highest BCUT2D eigenvalue weighted by atomic mass is 16.5. The van der Waals surface area contributed by atoms with E-state index in [9.17, 15) is 14.4 Å². The van der Waals surface area contributed by atoms with Crippen molar-refractivity contribution in [2.24, 2.45) is 0 Å². The molecule has 0 aliphatic heterocycles. The lowest BCUT2D eigenvalue weighted by molar-refractivity contribution is -0.137. The molecule has 0 unspecified atom stereocenters. The van der Waals surface area contributed by atoms with Crippen molar-refractivity contribution < 1.29 is 19.1 Å². The van der Waals surface area contributed by atoms with Crippen molar-refractivity contribution in [3.8, 4) is 0 Å². The Morgan fingerprint density at radius 1 is 1.19 bits per heavy atom. The van der Waals surface area contributed by atoms with E-state index in [-0.39, 0.29) is 19.1 Å². The Morgan fingerprint density at radius 3 is 2.43 bits per heavy atom. The van der Waals surface area contributed by atoms with Crippen LogP contribution in [-0.2, 0) is 14.3 Å².